The zero-order valence-corrected chi connectivity index (χ0v) is 16.0. The first kappa shape index (κ1) is 20.9. The smallest absolute Gasteiger partial charge is 0.238 e. The molecule has 0 aliphatic rings. The van der Waals surface area contributed by atoms with E-state index in [1.165, 1.54) is 36.4 Å². The summed E-state index contributed by atoms with van der Waals surface area (Å²) in [6.45, 7) is -0.308. The molecule has 0 saturated carbocycles. The summed E-state index contributed by atoms with van der Waals surface area (Å²) in [5.41, 5.74) is 0.628. The number of aromatic nitrogens is 2. The third-order valence-corrected chi connectivity index (χ3v) is 4.60. The molecule has 0 atom stereocenters. The van der Waals surface area contributed by atoms with E-state index < -0.39 is 21.7 Å². The molecule has 3 rings (SSSR count). The maximum atomic E-state index is 14.1. The van der Waals surface area contributed by atoms with Gasteiger partial charge in [-0.15, -0.1) is 0 Å². The second-order valence-electron chi connectivity index (χ2n) is 5.80. The molecule has 9 nitrogen and oxygen atoms in total. The molecule has 12 heteroatoms. The molecule has 2 aromatic carbocycles. The van der Waals surface area contributed by atoms with Crippen molar-refractivity contribution in [3.8, 4) is 11.8 Å². The molecule has 1 aromatic heterocycles. The van der Waals surface area contributed by atoms with Gasteiger partial charge in [0.1, 0.15) is 6.07 Å². The summed E-state index contributed by atoms with van der Waals surface area (Å²) in [6, 6.07) is 11.0. The number of nitrogens with two attached hydrogens (primary N) is 1. The summed E-state index contributed by atoms with van der Waals surface area (Å²) in [7, 11) is -3.83. The molecule has 0 unspecified atom stereocenters. The normalized spacial score (nSPS) is 10.9. The van der Waals surface area contributed by atoms with Crippen LogP contribution in [0, 0.1) is 23.0 Å². The molecule has 3 aromatic rings. The molecule has 0 saturated heterocycles. The number of hydrogen-bond acceptors (Lipinski definition) is 8. The molecule has 0 aliphatic carbocycles. The van der Waals surface area contributed by atoms with E-state index in [-0.39, 0.29) is 34.7 Å². The van der Waals surface area contributed by atoms with Gasteiger partial charge in [0.05, 0.1) is 11.1 Å². The molecule has 0 bridgehead atoms. The average Bonchev–Trinajstić information content (AvgIpc) is 2.70. The number of anilines is 4. The van der Waals surface area contributed by atoms with E-state index >= 15 is 0 Å². The Morgan fingerprint density at radius 2 is 1.77 bits per heavy atom. The highest BCUT2D eigenvalue weighted by molar-refractivity contribution is 7.89. The van der Waals surface area contributed by atoms with Crippen LogP contribution in [0.2, 0.25) is 0 Å². The van der Waals surface area contributed by atoms with Crippen LogP contribution in [-0.2, 0) is 10.0 Å². The number of benzene rings is 2. The Labute approximate surface area is 170 Å². The molecule has 0 fully saturated rings. The van der Waals surface area contributed by atoms with E-state index in [4.69, 9.17) is 15.1 Å². The second-order valence-corrected chi connectivity index (χ2v) is 7.36. The van der Waals surface area contributed by atoms with E-state index in [0.717, 1.165) is 12.3 Å². The van der Waals surface area contributed by atoms with Crippen molar-refractivity contribution >= 4 is 33.2 Å². The summed E-state index contributed by atoms with van der Waals surface area (Å²) in [6.07, 6.45) is 0.914. The maximum absolute atomic E-state index is 14.1. The summed E-state index contributed by atoms with van der Waals surface area (Å²) in [5.74, 6) is -1.85. The van der Waals surface area contributed by atoms with Gasteiger partial charge in [0.25, 0.3) is 0 Å². The number of sulfonamides is 1. The Morgan fingerprint density at radius 1 is 1.07 bits per heavy atom. The maximum Gasteiger partial charge on any atom is 0.238 e. The van der Waals surface area contributed by atoms with Crippen molar-refractivity contribution in [3.63, 3.8) is 0 Å². The lowest BCUT2D eigenvalue weighted by Crippen LogP contribution is -2.11. The number of halogens is 2. The van der Waals surface area contributed by atoms with Crippen LogP contribution < -0.4 is 20.5 Å². The van der Waals surface area contributed by atoms with Crippen LogP contribution >= 0.6 is 0 Å². The second kappa shape index (κ2) is 8.68. The Morgan fingerprint density at radius 3 is 2.40 bits per heavy atom. The molecule has 4 N–H and O–H groups in total. The summed E-state index contributed by atoms with van der Waals surface area (Å²) in [5, 5.41) is 18.9. The number of ether oxygens (including phenoxy) is 1. The highest BCUT2D eigenvalue weighted by Gasteiger charge is 2.11. The van der Waals surface area contributed by atoms with Gasteiger partial charge in [0, 0.05) is 17.4 Å². The topological polar surface area (TPSA) is 143 Å². The number of nitrogens with one attached hydrogen (secondary N) is 2. The molecule has 0 spiro atoms. The minimum Gasteiger partial charge on any atom is -0.476 e. The predicted molar refractivity (Wildman–Crippen MR) is 104 cm³/mol. The lowest BCUT2D eigenvalue weighted by Gasteiger charge is -2.11. The monoisotopic (exact) mass is 432 g/mol. The van der Waals surface area contributed by atoms with Crippen molar-refractivity contribution < 1.29 is 21.9 Å². The van der Waals surface area contributed by atoms with Gasteiger partial charge < -0.3 is 15.4 Å². The van der Waals surface area contributed by atoms with E-state index in [1.807, 2.05) is 0 Å². The Bertz CT molecular complexity index is 1210. The van der Waals surface area contributed by atoms with Gasteiger partial charge in [-0.2, -0.15) is 10.2 Å². The number of hydrogen-bond donors (Lipinski definition) is 3. The largest absolute Gasteiger partial charge is 0.476 e. The van der Waals surface area contributed by atoms with Crippen molar-refractivity contribution in [2.45, 2.75) is 4.90 Å². The van der Waals surface area contributed by atoms with Gasteiger partial charge >= 0.3 is 0 Å². The summed E-state index contributed by atoms with van der Waals surface area (Å²) in [4.78, 5) is 7.73. The highest BCUT2D eigenvalue weighted by Crippen LogP contribution is 2.25. The van der Waals surface area contributed by atoms with Gasteiger partial charge in [-0.1, -0.05) is 0 Å². The highest BCUT2D eigenvalue weighted by atomic mass is 32.2. The van der Waals surface area contributed by atoms with Gasteiger partial charge in [0.2, 0.25) is 16.0 Å². The van der Waals surface area contributed by atoms with Crippen LogP contribution in [0.4, 0.5) is 31.9 Å². The molecular weight excluding hydrogens is 418 g/mol. The fraction of sp³-hybridized carbons (Fsp3) is 0.0556. The van der Waals surface area contributed by atoms with Crippen molar-refractivity contribution in [2.75, 3.05) is 17.2 Å². The molecule has 0 aliphatic heterocycles. The number of primary sulfonamides is 1. The van der Waals surface area contributed by atoms with E-state index in [2.05, 4.69) is 20.6 Å². The van der Waals surface area contributed by atoms with Crippen molar-refractivity contribution in [1.82, 2.24) is 9.97 Å². The third kappa shape index (κ3) is 5.16. The Balaban J connectivity index is 1.77. The van der Waals surface area contributed by atoms with Crippen LogP contribution in [-0.4, -0.2) is 25.0 Å². The molecular formula is C18H14F2N6O3S. The van der Waals surface area contributed by atoms with Crippen molar-refractivity contribution in [1.29, 1.82) is 5.26 Å². The average molecular weight is 432 g/mol. The number of nitriles is 1. The van der Waals surface area contributed by atoms with Gasteiger partial charge in [0.15, 0.2) is 29.8 Å². The number of nitrogens with zero attached hydrogens (tertiary/aromatic N) is 3. The third-order valence-electron chi connectivity index (χ3n) is 3.67. The molecule has 30 heavy (non-hydrogen) atoms. The van der Waals surface area contributed by atoms with Crippen LogP contribution in [0.3, 0.4) is 0 Å². The quantitative estimate of drug-likeness (QED) is 0.517. The van der Waals surface area contributed by atoms with Crippen LogP contribution in [0.15, 0.2) is 53.6 Å². The lowest BCUT2D eigenvalue weighted by atomic mass is 10.3. The summed E-state index contributed by atoms with van der Waals surface area (Å²) < 4.78 is 55.6. The summed E-state index contributed by atoms with van der Waals surface area (Å²) >= 11 is 0. The standard InChI is InChI=1S/C18H14F2N6O3S/c19-14-9-12(3-6-16(14)29-8-7-21)24-17-15(20)10-23-18(26-17)25-11-1-4-13(5-2-11)30(22,27)28/h1-6,9-10H,8H2,(H2,22,27,28)(H2,23,24,25,26). The van der Waals surface area contributed by atoms with E-state index in [9.17, 15) is 17.2 Å². The van der Waals surface area contributed by atoms with Crippen molar-refractivity contribution in [3.05, 3.63) is 60.3 Å². The molecule has 0 amide bonds. The van der Waals surface area contributed by atoms with Crippen molar-refractivity contribution in [2.24, 2.45) is 5.14 Å². The van der Waals surface area contributed by atoms with Gasteiger partial charge in [-0.3, -0.25) is 0 Å². The Hall–Kier alpha value is -3.82. The molecule has 1 heterocycles. The predicted octanol–water partition coefficient (Wildman–Crippen LogP) is 2.79. The van der Waals surface area contributed by atoms with E-state index in [0.29, 0.717) is 5.69 Å². The van der Waals surface area contributed by atoms with E-state index in [1.54, 1.807) is 6.07 Å². The van der Waals surface area contributed by atoms with Crippen LogP contribution in [0.1, 0.15) is 0 Å². The minimum absolute atomic E-state index is 0.0108. The fourth-order valence-electron chi connectivity index (χ4n) is 2.31. The SMILES string of the molecule is N#CCOc1ccc(Nc2nc(Nc3ccc(S(N)(=O)=O)cc3)ncc2F)cc1F. The lowest BCUT2D eigenvalue weighted by molar-refractivity contribution is 0.346. The molecule has 154 valence electrons. The first-order valence-corrected chi connectivity index (χ1v) is 9.79. The molecule has 0 radical (unpaired) electrons. The minimum atomic E-state index is -3.83. The number of rotatable bonds is 7. The zero-order chi connectivity index (χ0) is 21.7. The first-order chi connectivity index (χ1) is 14.3. The van der Waals surface area contributed by atoms with Gasteiger partial charge in [-0.25, -0.2) is 27.3 Å². The first-order valence-electron chi connectivity index (χ1n) is 8.25. The van der Waals surface area contributed by atoms with Crippen LogP contribution in [0.25, 0.3) is 0 Å². The Kier molecular flexibility index (Phi) is 6.05. The zero-order valence-electron chi connectivity index (χ0n) is 15.1. The van der Waals surface area contributed by atoms with Gasteiger partial charge in [-0.05, 0) is 36.4 Å². The fourth-order valence-corrected chi connectivity index (χ4v) is 2.83. The van der Waals surface area contributed by atoms with Crippen LogP contribution in [0.5, 0.6) is 5.75 Å².